The van der Waals surface area contributed by atoms with Crippen molar-refractivity contribution in [2.45, 2.75) is 6.92 Å². The van der Waals surface area contributed by atoms with Crippen LogP contribution in [-0.2, 0) is 4.74 Å². The van der Waals surface area contributed by atoms with Gasteiger partial charge >= 0.3 is 5.97 Å². The lowest BCUT2D eigenvalue weighted by atomic mass is 10.1. The molecule has 0 N–H and O–H groups in total. The molecule has 0 radical (unpaired) electrons. The van der Waals surface area contributed by atoms with E-state index in [9.17, 15) is 22.8 Å². The summed E-state index contributed by atoms with van der Waals surface area (Å²) in [5.74, 6) is -5.96. The summed E-state index contributed by atoms with van der Waals surface area (Å²) in [6.07, 6.45) is 1.06. The third-order valence-electron chi connectivity index (χ3n) is 5.17. The van der Waals surface area contributed by atoms with Gasteiger partial charge in [0.25, 0.3) is 0 Å². The largest absolute Gasteiger partial charge is 0.462 e. The van der Waals surface area contributed by atoms with Crippen LogP contribution >= 0.6 is 0 Å². The molecule has 3 aromatic rings. The quantitative estimate of drug-likeness (QED) is 0.459. The van der Waals surface area contributed by atoms with Crippen LogP contribution in [-0.4, -0.2) is 30.3 Å². The van der Waals surface area contributed by atoms with Crippen LogP contribution in [0.25, 0.3) is 10.9 Å². The van der Waals surface area contributed by atoms with Gasteiger partial charge in [0.1, 0.15) is 16.8 Å². The highest BCUT2D eigenvalue weighted by Crippen LogP contribution is 2.47. The normalized spacial score (nSPS) is 13.9. The molecule has 0 aliphatic carbocycles. The van der Waals surface area contributed by atoms with Crippen molar-refractivity contribution in [2.75, 3.05) is 23.5 Å². The molecule has 158 valence electrons. The summed E-state index contributed by atoms with van der Waals surface area (Å²) in [5.41, 5.74) is -1.67. The predicted octanol–water partition coefficient (Wildman–Crippen LogP) is 3.46. The third kappa shape index (κ3) is 2.43. The SMILES string of the molecule is CCOC(=O)c1cn2c3c(c(F)c(F)cc3c1=O)N1C(=N2)N(C)c2cc(F)c(F)cc21. The van der Waals surface area contributed by atoms with Gasteiger partial charge in [0.15, 0.2) is 23.3 Å². The number of fused-ring (bicyclic) bond motifs is 4. The van der Waals surface area contributed by atoms with Crippen LogP contribution in [0.15, 0.2) is 34.3 Å². The molecular weight excluding hydrogens is 420 g/mol. The number of aromatic nitrogens is 1. The molecule has 5 rings (SSSR count). The Balaban J connectivity index is 1.90. The molecule has 2 aliphatic heterocycles. The van der Waals surface area contributed by atoms with Gasteiger partial charge in [-0.25, -0.2) is 27.0 Å². The number of benzene rings is 2. The summed E-state index contributed by atoms with van der Waals surface area (Å²) in [6, 6.07) is 2.40. The zero-order chi connectivity index (χ0) is 22.2. The molecule has 0 amide bonds. The standard InChI is InChI=1S/C20H12F4N4O3/c1-3-31-19(30)9-7-27-16-8(18(9)29)4-12(23)15(24)17(16)28-14-6-11(22)10(21)5-13(14)26(2)20(28)25-27/h4-7H,3H2,1-2H3. The topological polar surface area (TPSA) is 67.1 Å². The Morgan fingerprint density at radius 1 is 1.06 bits per heavy atom. The maximum Gasteiger partial charge on any atom is 0.343 e. The predicted molar refractivity (Wildman–Crippen MR) is 104 cm³/mol. The molecule has 0 saturated heterocycles. The first-order valence-corrected chi connectivity index (χ1v) is 9.11. The van der Waals surface area contributed by atoms with Gasteiger partial charge in [-0.3, -0.25) is 9.69 Å². The van der Waals surface area contributed by atoms with E-state index < -0.39 is 45.9 Å². The summed E-state index contributed by atoms with van der Waals surface area (Å²) in [6.45, 7) is 1.55. The molecule has 2 aromatic carbocycles. The van der Waals surface area contributed by atoms with E-state index in [1.165, 1.54) is 11.9 Å². The van der Waals surface area contributed by atoms with Gasteiger partial charge in [-0.15, -0.1) is 5.10 Å². The molecular formula is C20H12F4N4O3. The summed E-state index contributed by atoms with van der Waals surface area (Å²) < 4.78 is 63.3. The second-order valence-corrected chi connectivity index (χ2v) is 6.90. The van der Waals surface area contributed by atoms with Crippen LogP contribution in [0.1, 0.15) is 17.3 Å². The number of rotatable bonds is 2. The monoisotopic (exact) mass is 432 g/mol. The number of ether oxygens (including phenoxy) is 1. The van der Waals surface area contributed by atoms with Crippen LogP contribution < -0.4 is 15.2 Å². The molecule has 7 nitrogen and oxygen atoms in total. The van der Waals surface area contributed by atoms with Gasteiger partial charge in [-0.1, -0.05) is 0 Å². The Kier molecular flexibility index (Phi) is 3.88. The second kappa shape index (κ2) is 6.30. The van der Waals surface area contributed by atoms with Crippen molar-refractivity contribution in [3.63, 3.8) is 0 Å². The zero-order valence-electron chi connectivity index (χ0n) is 16.0. The molecule has 0 saturated carbocycles. The second-order valence-electron chi connectivity index (χ2n) is 6.90. The number of hydrogen-bond donors (Lipinski definition) is 0. The van der Waals surface area contributed by atoms with Crippen molar-refractivity contribution in [2.24, 2.45) is 5.10 Å². The van der Waals surface area contributed by atoms with Crippen molar-refractivity contribution >= 4 is 39.9 Å². The van der Waals surface area contributed by atoms with E-state index >= 15 is 4.39 Å². The fourth-order valence-electron chi connectivity index (χ4n) is 3.80. The molecule has 0 unspecified atom stereocenters. The number of esters is 1. The van der Waals surface area contributed by atoms with Crippen LogP contribution in [0.4, 0.5) is 34.6 Å². The highest BCUT2D eigenvalue weighted by atomic mass is 19.2. The van der Waals surface area contributed by atoms with E-state index in [-0.39, 0.29) is 34.8 Å². The molecule has 11 heteroatoms. The number of halogens is 4. The molecule has 0 bridgehead atoms. The average molecular weight is 432 g/mol. The minimum Gasteiger partial charge on any atom is -0.462 e. The Hall–Kier alpha value is -3.89. The number of nitrogens with zero attached hydrogens (tertiary/aromatic N) is 4. The number of anilines is 3. The fourth-order valence-corrected chi connectivity index (χ4v) is 3.80. The van der Waals surface area contributed by atoms with Crippen molar-refractivity contribution < 1.29 is 27.1 Å². The first-order valence-electron chi connectivity index (χ1n) is 9.11. The van der Waals surface area contributed by atoms with Gasteiger partial charge in [-0.05, 0) is 13.0 Å². The Bertz CT molecular complexity index is 1420. The fraction of sp³-hybridized carbons (Fsp3) is 0.150. The summed E-state index contributed by atoms with van der Waals surface area (Å²) in [5, 5.41) is 3.98. The van der Waals surface area contributed by atoms with Crippen molar-refractivity contribution in [1.29, 1.82) is 0 Å². The molecule has 0 fully saturated rings. The van der Waals surface area contributed by atoms with E-state index in [0.29, 0.717) is 6.07 Å². The minimum atomic E-state index is -1.35. The maximum absolute atomic E-state index is 15.0. The van der Waals surface area contributed by atoms with Crippen LogP contribution in [0, 0.1) is 23.3 Å². The summed E-state index contributed by atoms with van der Waals surface area (Å²) in [7, 11) is 1.48. The van der Waals surface area contributed by atoms with E-state index in [0.717, 1.165) is 27.9 Å². The van der Waals surface area contributed by atoms with Crippen molar-refractivity contribution in [3.8, 4) is 0 Å². The Morgan fingerprint density at radius 3 is 2.42 bits per heavy atom. The van der Waals surface area contributed by atoms with Crippen LogP contribution in [0.5, 0.6) is 0 Å². The van der Waals surface area contributed by atoms with E-state index in [1.807, 2.05) is 0 Å². The van der Waals surface area contributed by atoms with Gasteiger partial charge in [0, 0.05) is 25.4 Å². The number of carbonyl (C=O) groups is 1. The van der Waals surface area contributed by atoms with Crippen molar-refractivity contribution in [3.05, 3.63) is 63.5 Å². The lowest BCUT2D eigenvalue weighted by Gasteiger charge is -2.28. The zero-order valence-corrected chi connectivity index (χ0v) is 16.0. The molecule has 31 heavy (non-hydrogen) atoms. The van der Waals surface area contributed by atoms with Gasteiger partial charge in [0.05, 0.1) is 23.4 Å². The summed E-state index contributed by atoms with van der Waals surface area (Å²) in [4.78, 5) is 27.5. The van der Waals surface area contributed by atoms with Crippen LogP contribution in [0.2, 0.25) is 0 Å². The number of carbonyl (C=O) groups excluding carboxylic acids is 1. The molecule has 0 atom stereocenters. The number of guanidine groups is 1. The van der Waals surface area contributed by atoms with Gasteiger partial charge < -0.3 is 9.64 Å². The highest BCUT2D eigenvalue weighted by Gasteiger charge is 2.40. The lowest BCUT2D eigenvalue weighted by molar-refractivity contribution is 0.0524. The van der Waals surface area contributed by atoms with Crippen LogP contribution in [0.3, 0.4) is 0 Å². The van der Waals surface area contributed by atoms with E-state index in [1.54, 1.807) is 6.92 Å². The average Bonchev–Trinajstić information content (AvgIpc) is 2.99. The van der Waals surface area contributed by atoms with E-state index in [4.69, 9.17) is 4.74 Å². The molecule has 1 aromatic heterocycles. The molecule has 2 aliphatic rings. The molecule has 3 heterocycles. The Labute approximate surface area is 171 Å². The minimum absolute atomic E-state index is 0.00316. The first-order chi connectivity index (χ1) is 14.7. The van der Waals surface area contributed by atoms with Crippen molar-refractivity contribution in [1.82, 2.24) is 4.68 Å². The van der Waals surface area contributed by atoms with Gasteiger partial charge in [-0.2, -0.15) is 0 Å². The summed E-state index contributed by atoms with van der Waals surface area (Å²) >= 11 is 0. The molecule has 0 spiro atoms. The number of pyridine rings is 1. The first kappa shape index (κ1) is 19.1. The lowest BCUT2D eigenvalue weighted by Crippen LogP contribution is -2.38. The number of hydrogen-bond acceptors (Lipinski definition) is 6. The smallest absolute Gasteiger partial charge is 0.343 e. The van der Waals surface area contributed by atoms with E-state index in [2.05, 4.69) is 5.10 Å². The maximum atomic E-state index is 15.0. The van der Waals surface area contributed by atoms with Gasteiger partial charge in [0.2, 0.25) is 11.4 Å². The third-order valence-corrected chi connectivity index (χ3v) is 5.17. The highest BCUT2D eigenvalue weighted by molar-refractivity contribution is 6.23. The Morgan fingerprint density at radius 2 is 1.74 bits per heavy atom.